The van der Waals surface area contributed by atoms with Gasteiger partial charge in [0.25, 0.3) is 10.0 Å². The van der Waals surface area contributed by atoms with Crippen LogP contribution in [0.3, 0.4) is 0 Å². The Morgan fingerprint density at radius 3 is 2.67 bits per heavy atom. The topological polar surface area (TPSA) is 110 Å². The monoisotopic (exact) mass is 310 g/mol. The smallest absolute Gasteiger partial charge is 0.265 e. The minimum absolute atomic E-state index is 0.00403. The van der Waals surface area contributed by atoms with Crippen molar-refractivity contribution in [2.24, 2.45) is 0 Å². The van der Waals surface area contributed by atoms with E-state index in [4.69, 9.17) is 10.5 Å². The number of nitrogens with two attached hydrogens (primary N) is 1. The molecule has 0 unspecified atom stereocenters. The van der Waals surface area contributed by atoms with Crippen molar-refractivity contribution in [3.8, 4) is 5.75 Å². The van der Waals surface area contributed by atoms with Crippen LogP contribution in [0.2, 0.25) is 0 Å². The Balaban J connectivity index is 2.47. The molecule has 114 valence electrons. The summed E-state index contributed by atoms with van der Waals surface area (Å²) in [4.78, 5) is 0.00403. The fourth-order valence-electron chi connectivity index (χ4n) is 1.90. The summed E-state index contributed by atoms with van der Waals surface area (Å²) >= 11 is 0. The van der Waals surface area contributed by atoms with Crippen LogP contribution in [0, 0.1) is 13.8 Å². The highest BCUT2D eigenvalue weighted by molar-refractivity contribution is 7.92. The van der Waals surface area contributed by atoms with Gasteiger partial charge in [-0.25, -0.2) is 8.42 Å². The molecule has 2 rings (SSSR count). The van der Waals surface area contributed by atoms with Crippen molar-refractivity contribution in [1.29, 1.82) is 0 Å². The summed E-state index contributed by atoms with van der Waals surface area (Å²) in [5.74, 6) is 0.262. The van der Waals surface area contributed by atoms with Crippen molar-refractivity contribution in [3.63, 3.8) is 0 Å². The molecule has 0 saturated carbocycles. The second-order valence-corrected chi connectivity index (χ2v) is 6.20. The third-order valence-corrected chi connectivity index (χ3v) is 4.29. The molecule has 1 aromatic carbocycles. The van der Waals surface area contributed by atoms with Gasteiger partial charge in [-0.15, -0.1) is 0 Å². The summed E-state index contributed by atoms with van der Waals surface area (Å²) in [6, 6.07) is 4.51. The van der Waals surface area contributed by atoms with E-state index in [1.54, 1.807) is 32.9 Å². The molecule has 0 aliphatic carbocycles. The van der Waals surface area contributed by atoms with Crippen molar-refractivity contribution >= 4 is 21.4 Å². The standard InChI is InChI=1S/C13H18N4O3S/c1-4-20-11-6-5-10(14)7-12(11)21(18,19)17-13-8(2)15-16-9(13)3/h5-7,17H,4,14H2,1-3H3,(H,15,16). The summed E-state index contributed by atoms with van der Waals surface area (Å²) in [7, 11) is -3.82. The fourth-order valence-corrected chi connectivity index (χ4v) is 3.26. The Morgan fingerprint density at radius 1 is 1.38 bits per heavy atom. The molecule has 7 nitrogen and oxygen atoms in total. The molecule has 0 aliphatic heterocycles. The number of nitrogen functional groups attached to an aromatic ring is 1. The molecule has 21 heavy (non-hydrogen) atoms. The molecule has 0 amide bonds. The molecule has 1 aromatic heterocycles. The zero-order chi connectivity index (χ0) is 15.6. The Morgan fingerprint density at radius 2 is 2.10 bits per heavy atom. The van der Waals surface area contributed by atoms with Crippen LogP contribution < -0.4 is 15.2 Å². The SMILES string of the molecule is CCOc1ccc(N)cc1S(=O)(=O)Nc1c(C)n[nH]c1C. The van der Waals surface area contributed by atoms with E-state index in [0.29, 0.717) is 29.4 Å². The van der Waals surface area contributed by atoms with Gasteiger partial charge in [0, 0.05) is 5.69 Å². The Kier molecular flexibility index (Phi) is 4.08. The van der Waals surface area contributed by atoms with Gasteiger partial charge in [0.15, 0.2) is 0 Å². The van der Waals surface area contributed by atoms with Crippen LogP contribution in [-0.4, -0.2) is 25.2 Å². The molecule has 0 saturated heterocycles. The van der Waals surface area contributed by atoms with E-state index in [-0.39, 0.29) is 10.6 Å². The largest absolute Gasteiger partial charge is 0.492 e. The number of hydrogen-bond acceptors (Lipinski definition) is 5. The molecule has 2 aromatic rings. The van der Waals surface area contributed by atoms with E-state index < -0.39 is 10.0 Å². The number of hydrogen-bond donors (Lipinski definition) is 3. The first-order chi connectivity index (χ1) is 9.85. The summed E-state index contributed by atoms with van der Waals surface area (Å²) in [5.41, 5.74) is 7.67. The zero-order valence-corrected chi connectivity index (χ0v) is 12.9. The minimum Gasteiger partial charge on any atom is -0.492 e. The van der Waals surface area contributed by atoms with Gasteiger partial charge in [-0.3, -0.25) is 9.82 Å². The van der Waals surface area contributed by atoms with E-state index in [0.717, 1.165) is 0 Å². The summed E-state index contributed by atoms with van der Waals surface area (Å²) in [6.45, 7) is 5.59. The first kappa shape index (κ1) is 15.2. The lowest BCUT2D eigenvalue weighted by atomic mass is 10.3. The highest BCUT2D eigenvalue weighted by atomic mass is 32.2. The molecular weight excluding hydrogens is 292 g/mol. The van der Waals surface area contributed by atoms with Crippen molar-refractivity contribution in [2.75, 3.05) is 17.1 Å². The maximum absolute atomic E-state index is 12.6. The van der Waals surface area contributed by atoms with E-state index in [1.165, 1.54) is 6.07 Å². The molecule has 0 fully saturated rings. The lowest BCUT2D eigenvalue weighted by Gasteiger charge is -2.13. The van der Waals surface area contributed by atoms with E-state index in [2.05, 4.69) is 14.9 Å². The molecule has 4 N–H and O–H groups in total. The Bertz CT molecular complexity index is 733. The number of sulfonamides is 1. The van der Waals surface area contributed by atoms with Crippen molar-refractivity contribution in [3.05, 3.63) is 29.6 Å². The van der Waals surface area contributed by atoms with E-state index in [1.807, 2.05) is 0 Å². The van der Waals surface area contributed by atoms with Gasteiger partial charge in [0.2, 0.25) is 0 Å². The average molecular weight is 310 g/mol. The molecular formula is C13H18N4O3S. The third-order valence-electron chi connectivity index (χ3n) is 2.92. The summed E-state index contributed by atoms with van der Waals surface area (Å²) < 4.78 is 33.0. The normalized spacial score (nSPS) is 11.4. The maximum atomic E-state index is 12.6. The predicted octanol–water partition coefficient (Wildman–Crippen LogP) is 1.81. The molecule has 0 aliphatic rings. The number of benzene rings is 1. The second-order valence-electron chi connectivity index (χ2n) is 4.55. The Labute approximate surface area is 123 Å². The van der Waals surface area contributed by atoms with Crippen molar-refractivity contribution < 1.29 is 13.2 Å². The van der Waals surface area contributed by atoms with Gasteiger partial charge in [0.05, 0.1) is 23.7 Å². The molecule has 0 spiro atoms. The number of rotatable bonds is 5. The number of anilines is 2. The number of ether oxygens (including phenoxy) is 1. The molecule has 0 atom stereocenters. The van der Waals surface area contributed by atoms with Crippen LogP contribution in [0.15, 0.2) is 23.1 Å². The van der Waals surface area contributed by atoms with Crippen LogP contribution in [0.4, 0.5) is 11.4 Å². The van der Waals surface area contributed by atoms with Gasteiger partial charge in [-0.1, -0.05) is 0 Å². The lowest BCUT2D eigenvalue weighted by molar-refractivity contribution is 0.331. The van der Waals surface area contributed by atoms with Gasteiger partial charge in [-0.05, 0) is 39.0 Å². The highest BCUT2D eigenvalue weighted by Crippen LogP contribution is 2.29. The van der Waals surface area contributed by atoms with Crippen molar-refractivity contribution in [1.82, 2.24) is 10.2 Å². The van der Waals surface area contributed by atoms with Crippen LogP contribution in [0.1, 0.15) is 18.3 Å². The summed E-state index contributed by atoms with van der Waals surface area (Å²) in [6.07, 6.45) is 0. The number of nitrogens with one attached hydrogen (secondary N) is 2. The number of nitrogens with zero attached hydrogens (tertiary/aromatic N) is 1. The molecule has 0 bridgehead atoms. The number of aromatic nitrogens is 2. The third kappa shape index (κ3) is 3.10. The Hall–Kier alpha value is -2.22. The first-order valence-electron chi connectivity index (χ1n) is 6.42. The molecule has 0 radical (unpaired) electrons. The van der Waals surface area contributed by atoms with Gasteiger partial charge >= 0.3 is 0 Å². The van der Waals surface area contributed by atoms with Gasteiger partial charge in [-0.2, -0.15) is 5.10 Å². The second kappa shape index (κ2) is 5.65. The van der Waals surface area contributed by atoms with Crippen LogP contribution in [-0.2, 0) is 10.0 Å². The van der Waals surface area contributed by atoms with Crippen LogP contribution >= 0.6 is 0 Å². The van der Waals surface area contributed by atoms with Gasteiger partial charge in [0.1, 0.15) is 10.6 Å². The van der Waals surface area contributed by atoms with Crippen molar-refractivity contribution in [2.45, 2.75) is 25.7 Å². The average Bonchev–Trinajstić information content (AvgIpc) is 2.72. The number of aromatic amines is 1. The molecule has 8 heteroatoms. The number of aryl methyl sites for hydroxylation is 2. The van der Waals surface area contributed by atoms with E-state index >= 15 is 0 Å². The first-order valence-corrected chi connectivity index (χ1v) is 7.90. The van der Waals surface area contributed by atoms with Crippen LogP contribution in [0.25, 0.3) is 0 Å². The quantitative estimate of drug-likeness (QED) is 0.729. The van der Waals surface area contributed by atoms with Gasteiger partial charge < -0.3 is 10.5 Å². The molecule has 1 heterocycles. The maximum Gasteiger partial charge on any atom is 0.265 e. The lowest BCUT2D eigenvalue weighted by Crippen LogP contribution is -2.15. The zero-order valence-electron chi connectivity index (χ0n) is 12.1. The fraction of sp³-hybridized carbons (Fsp3) is 0.308. The summed E-state index contributed by atoms with van der Waals surface area (Å²) in [5, 5.41) is 6.69. The van der Waals surface area contributed by atoms with E-state index in [9.17, 15) is 8.42 Å². The highest BCUT2D eigenvalue weighted by Gasteiger charge is 2.22. The minimum atomic E-state index is -3.82. The van der Waals surface area contributed by atoms with Crippen LogP contribution in [0.5, 0.6) is 5.75 Å². The predicted molar refractivity (Wildman–Crippen MR) is 80.9 cm³/mol. The number of H-pyrrole nitrogens is 1.